The van der Waals surface area contributed by atoms with Crippen molar-refractivity contribution >= 4 is 23.3 Å². The van der Waals surface area contributed by atoms with Gasteiger partial charge in [0.05, 0.1) is 26.4 Å². The number of methoxy groups -OCH3 is 1. The lowest BCUT2D eigenvalue weighted by atomic mass is 10.0. The van der Waals surface area contributed by atoms with Crippen LogP contribution in [0.5, 0.6) is 5.75 Å². The summed E-state index contributed by atoms with van der Waals surface area (Å²) in [4.78, 5) is 12.6. The molecule has 1 aliphatic carbocycles. The maximum absolute atomic E-state index is 12.6. The van der Waals surface area contributed by atoms with Gasteiger partial charge in [0, 0.05) is 17.1 Å². The van der Waals surface area contributed by atoms with Gasteiger partial charge in [-0.05, 0) is 48.1 Å². The second kappa shape index (κ2) is 9.32. The molecule has 0 saturated heterocycles. The van der Waals surface area contributed by atoms with Crippen LogP contribution in [0.1, 0.15) is 30.0 Å². The third-order valence-electron chi connectivity index (χ3n) is 5.31. The predicted octanol–water partition coefficient (Wildman–Crippen LogP) is 4.27. The lowest BCUT2D eigenvalue weighted by Gasteiger charge is -2.19. The highest BCUT2D eigenvalue weighted by Gasteiger charge is 2.32. The summed E-state index contributed by atoms with van der Waals surface area (Å²) in [6.07, 6.45) is 4.02. The van der Waals surface area contributed by atoms with Gasteiger partial charge in [-0.2, -0.15) is 5.10 Å². The first-order valence-electron chi connectivity index (χ1n) is 10.1. The van der Waals surface area contributed by atoms with E-state index in [2.05, 4.69) is 27.9 Å². The minimum absolute atomic E-state index is 0.102. The summed E-state index contributed by atoms with van der Waals surface area (Å²) in [7, 11) is 1.66. The Kier molecular flexibility index (Phi) is 6.35. The Morgan fingerprint density at radius 2 is 1.97 bits per heavy atom. The molecule has 1 amide bonds. The fraction of sp³-hybridized carbons (Fsp3) is 0.304. The fourth-order valence-electron chi connectivity index (χ4n) is 3.54. The molecule has 0 spiro atoms. The summed E-state index contributed by atoms with van der Waals surface area (Å²) in [5.74, 6) is 1.94. The van der Waals surface area contributed by atoms with E-state index in [1.807, 2.05) is 36.4 Å². The molecule has 1 aliphatic rings. The second-order valence-corrected chi connectivity index (χ2v) is 7.89. The Labute approximate surface area is 181 Å². The summed E-state index contributed by atoms with van der Waals surface area (Å²) < 4.78 is 6.98. The SMILES string of the molecule is COc1ccc(C(NCC(=O)Nc2ccnn2Cc2ccccc2Cl)C2CC2)cc1. The molecule has 2 N–H and O–H groups in total. The van der Waals surface area contributed by atoms with E-state index in [1.165, 1.54) is 18.4 Å². The van der Waals surface area contributed by atoms with Crippen LogP contribution in [-0.2, 0) is 11.3 Å². The lowest BCUT2D eigenvalue weighted by molar-refractivity contribution is -0.115. The van der Waals surface area contributed by atoms with Crippen molar-refractivity contribution in [2.75, 3.05) is 19.0 Å². The van der Waals surface area contributed by atoms with Crippen molar-refractivity contribution in [2.45, 2.75) is 25.4 Å². The van der Waals surface area contributed by atoms with Crippen LogP contribution < -0.4 is 15.4 Å². The molecule has 0 aliphatic heterocycles. The molecule has 1 saturated carbocycles. The Hall–Kier alpha value is -2.83. The number of hydrogen-bond acceptors (Lipinski definition) is 4. The Morgan fingerprint density at radius 1 is 1.20 bits per heavy atom. The van der Waals surface area contributed by atoms with Crippen LogP contribution >= 0.6 is 11.6 Å². The third kappa shape index (κ3) is 5.01. The van der Waals surface area contributed by atoms with E-state index in [0.717, 1.165) is 11.3 Å². The van der Waals surface area contributed by atoms with Crippen LogP contribution in [0.2, 0.25) is 5.02 Å². The standard InChI is InChI=1S/C23H25ClN4O2/c1-30-19-10-8-17(9-11-19)23(16-6-7-16)25-14-22(29)27-21-12-13-26-28(21)15-18-4-2-3-5-20(18)24/h2-5,8-13,16,23,25H,6-7,14-15H2,1H3,(H,27,29). The normalized spacial score (nSPS) is 14.3. The first-order valence-corrected chi connectivity index (χ1v) is 10.4. The molecular weight excluding hydrogens is 400 g/mol. The summed E-state index contributed by atoms with van der Waals surface area (Å²) in [5.41, 5.74) is 2.12. The van der Waals surface area contributed by atoms with Crippen molar-refractivity contribution < 1.29 is 9.53 Å². The van der Waals surface area contributed by atoms with Crippen molar-refractivity contribution in [2.24, 2.45) is 5.92 Å². The molecule has 6 nitrogen and oxygen atoms in total. The number of halogens is 1. The average Bonchev–Trinajstić information content (AvgIpc) is 3.51. The monoisotopic (exact) mass is 424 g/mol. The molecule has 1 heterocycles. The number of ether oxygens (including phenoxy) is 1. The van der Waals surface area contributed by atoms with Crippen LogP contribution in [-0.4, -0.2) is 29.3 Å². The molecule has 1 fully saturated rings. The van der Waals surface area contributed by atoms with Gasteiger partial charge in [-0.3, -0.25) is 4.79 Å². The molecule has 2 aromatic carbocycles. The zero-order valence-electron chi connectivity index (χ0n) is 16.8. The Balaban J connectivity index is 1.36. The van der Waals surface area contributed by atoms with Crippen LogP contribution in [0.15, 0.2) is 60.8 Å². The number of nitrogens with zero attached hydrogens (tertiary/aromatic N) is 2. The number of rotatable bonds is 9. The van der Waals surface area contributed by atoms with Gasteiger partial charge >= 0.3 is 0 Å². The maximum atomic E-state index is 12.6. The molecule has 1 atom stereocenters. The second-order valence-electron chi connectivity index (χ2n) is 7.48. The van der Waals surface area contributed by atoms with Crippen LogP contribution in [0.4, 0.5) is 5.82 Å². The quantitative estimate of drug-likeness (QED) is 0.538. The van der Waals surface area contributed by atoms with Crippen molar-refractivity contribution in [3.8, 4) is 5.75 Å². The Morgan fingerprint density at radius 3 is 2.67 bits per heavy atom. The van der Waals surface area contributed by atoms with Gasteiger partial charge in [0.15, 0.2) is 0 Å². The highest BCUT2D eigenvalue weighted by Crippen LogP contribution is 2.41. The first kappa shape index (κ1) is 20.4. The van der Waals surface area contributed by atoms with E-state index in [0.29, 0.717) is 23.3 Å². The number of carbonyl (C=O) groups is 1. The van der Waals surface area contributed by atoms with Crippen molar-refractivity contribution in [3.63, 3.8) is 0 Å². The number of nitrogens with one attached hydrogen (secondary N) is 2. The zero-order valence-corrected chi connectivity index (χ0v) is 17.6. The maximum Gasteiger partial charge on any atom is 0.239 e. The van der Waals surface area contributed by atoms with E-state index in [9.17, 15) is 4.79 Å². The summed E-state index contributed by atoms with van der Waals surface area (Å²) in [6.45, 7) is 0.719. The third-order valence-corrected chi connectivity index (χ3v) is 5.68. The zero-order chi connectivity index (χ0) is 20.9. The number of carbonyl (C=O) groups excluding carboxylic acids is 1. The Bertz CT molecular complexity index is 998. The van der Waals surface area contributed by atoms with Gasteiger partial charge in [-0.1, -0.05) is 41.9 Å². The molecule has 1 aromatic heterocycles. The summed E-state index contributed by atoms with van der Waals surface area (Å²) in [6, 6.07) is 17.6. The number of anilines is 1. The van der Waals surface area contributed by atoms with Crippen molar-refractivity contribution in [1.29, 1.82) is 0 Å². The summed E-state index contributed by atoms with van der Waals surface area (Å²) >= 11 is 6.25. The first-order chi connectivity index (χ1) is 14.6. The van der Waals surface area contributed by atoms with Gasteiger partial charge in [0.25, 0.3) is 0 Å². The molecule has 3 aromatic rings. The average molecular weight is 425 g/mol. The predicted molar refractivity (Wildman–Crippen MR) is 118 cm³/mol. The van der Waals surface area contributed by atoms with Crippen LogP contribution in [0.25, 0.3) is 0 Å². The molecule has 7 heteroatoms. The molecule has 156 valence electrons. The van der Waals surface area contributed by atoms with Crippen LogP contribution in [0, 0.1) is 5.92 Å². The number of aromatic nitrogens is 2. The topological polar surface area (TPSA) is 68.2 Å². The molecule has 4 rings (SSSR count). The van der Waals surface area contributed by atoms with Gasteiger partial charge in [-0.25, -0.2) is 4.68 Å². The van der Waals surface area contributed by atoms with E-state index < -0.39 is 0 Å². The smallest absolute Gasteiger partial charge is 0.239 e. The van der Waals surface area contributed by atoms with E-state index in [1.54, 1.807) is 24.1 Å². The lowest BCUT2D eigenvalue weighted by Crippen LogP contribution is -2.32. The molecule has 1 unspecified atom stereocenters. The van der Waals surface area contributed by atoms with E-state index in [4.69, 9.17) is 16.3 Å². The minimum Gasteiger partial charge on any atom is -0.497 e. The molecule has 30 heavy (non-hydrogen) atoms. The largest absolute Gasteiger partial charge is 0.497 e. The molecular formula is C23H25ClN4O2. The summed E-state index contributed by atoms with van der Waals surface area (Å²) in [5, 5.41) is 11.4. The van der Waals surface area contributed by atoms with Crippen LogP contribution in [0.3, 0.4) is 0 Å². The van der Waals surface area contributed by atoms with Gasteiger partial charge < -0.3 is 15.4 Å². The van der Waals surface area contributed by atoms with E-state index in [-0.39, 0.29) is 18.5 Å². The van der Waals surface area contributed by atoms with Crippen molar-refractivity contribution in [1.82, 2.24) is 15.1 Å². The van der Waals surface area contributed by atoms with Crippen molar-refractivity contribution in [3.05, 3.63) is 76.9 Å². The van der Waals surface area contributed by atoms with E-state index >= 15 is 0 Å². The molecule has 0 bridgehead atoms. The number of amides is 1. The highest BCUT2D eigenvalue weighted by molar-refractivity contribution is 6.31. The minimum atomic E-state index is -0.102. The number of benzene rings is 2. The fourth-order valence-corrected chi connectivity index (χ4v) is 3.74. The van der Waals surface area contributed by atoms with Gasteiger partial charge in [0.2, 0.25) is 5.91 Å². The molecule has 0 radical (unpaired) electrons. The highest BCUT2D eigenvalue weighted by atomic mass is 35.5. The number of hydrogen-bond donors (Lipinski definition) is 2. The van der Waals surface area contributed by atoms with Gasteiger partial charge in [-0.15, -0.1) is 0 Å². The van der Waals surface area contributed by atoms with Gasteiger partial charge in [0.1, 0.15) is 11.6 Å².